The monoisotopic (exact) mass is 354 g/mol. The Bertz CT molecular complexity index is 712. The van der Waals surface area contributed by atoms with E-state index >= 15 is 0 Å². The highest BCUT2D eigenvalue weighted by Gasteiger charge is 2.14. The van der Waals surface area contributed by atoms with E-state index in [1.807, 2.05) is 18.2 Å². The first-order valence-corrected chi connectivity index (χ1v) is 9.37. The van der Waals surface area contributed by atoms with E-state index in [9.17, 15) is 4.79 Å². The summed E-state index contributed by atoms with van der Waals surface area (Å²) < 4.78 is 5.62. The van der Waals surface area contributed by atoms with Gasteiger partial charge in [0.25, 0.3) is 5.91 Å². The van der Waals surface area contributed by atoms with Crippen LogP contribution in [-0.4, -0.2) is 35.6 Å². The van der Waals surface area contributed by atoms with Gasteiger partial charge in [-0.05, 0) is 49.9 Å². The van der Waals surface area contributed by atoms with Gasteiger partial charge in [-0.15, -0.1) is 0 Å². The second-order valence-electron chi connectivity index (χ2n) is 6.49. The van der Waals surface area contributed by atoms with Crippen molar-refractivity contribution in [3.63, 3.8) is 0 Å². The van der Waals surface area contributed by atoms with Crippen molar-refractivity contribution in [1.82, 2.24) is 9.97 Å². The molecule has 2 heterocycles. The molecular weight excluding hydrogens is 328 g/mol. The molecule has 0 atom stereocenters. The number of nitrogens with one attached hydrogen (secondary N) is 1. The van der Waals surface area contributed by atoms with Crippen molar-refractivity contribution in [2.75, 3.05) is 29.9 Å². The number of amides is 1. The number of carbonyl (C=O) groups is 1. The zero-order chi connectivity index (χ0) is 18.2. The molecule has 1 aromatic heterocycles. The Morgan fingerprint density at radius 2 is 1.92 bits per heavy atom. The maximum atomic E-state index is 12.4. The van der Waals surface area contributed by atoms with Crippen molar-refractivity contribution >= 4 is 17.5 Å². The molecule has 1 N–H and O–H groups in total. The quantitative estimate of drug-likeness (QED) is 0.764. The van der Waals surface area contributed by atoms with E-state index in [0.29, 0.717) is 18.0 Å². The van der Waals surface area contributed by atoms with Gasteiger partial charge in [0, 0.05) is 24.7 Å². The molecule has 0 saturated carbocycles. The normalized spacial score (nSPS) is 14.1. The van der Waals surface area contributed by atoms with Gasteiger partial charge < -0.3 is 15.0 Å². The van der Waals surface area contributed by atoms with E-state index in [0.717, 1.165) is 37.5 Å². The van der Waals surface area contributed by atoms with Gasteiger partial charge in [0.05, 0.1) is 6.61 Å². The molecule has 6 heteroatoms. The molecule has 1 aromatic carbocycles. The summed E-state index contributed by atoms with van der Waals surface area (Å²) in [4.78, 5) is 23.2. The van der Waals surface area contributed by atoms with Crippen LogP contribution in [0.3, 0.4) is 0 Å². The average molecular weight is 354 g/mol. The summed E-state index contributed by atoms with van der Waals surface area (Å²) in [6.45, 7) is 4.83. The van der Waals surface area contributed by atoms with Crippen LogP contribution in [0.1, 0.15) is 49.4 Å². The van der Waals surface area contributed by atoms with Crippen LogP contribution in [0.5, 0.6) is 5.75 Å². The highest BCUT2D eigenvalue weighted by molar-refractivity contribution is 6.03. The first-order valence-electron chi connectivity index (χ1n) is 9.37. The molecule has 0 aliphatic carbocycles. The van der Waals surface area contributed by atoms with Crippen molar-refractivity contribution in [3.05, 3.63) is 42.2 Å². The first-order chi connectivity index (χ1) is 12.8. The first kappa shape index (κ1) is 18.2. The predicted molar refractivity (Wildman–Crippen MR) is 103 cm³/mol. The summed E-state index contributed by atoms with van der Waals surface area (Å²) in [6, 6.07) is 9.02. The summed E-state index contributed by atoms with van der Waals surface area (Å²) in [5.41, 5.74) is 0.575. The molecule has 3 rings (SSSR count). The third-order valence-electron chi connectivity index (χ3n) is 4.46. The van der Waals surface area contributed by atoms with Crippen LogP contribution in [0.4, 0.5) is 11.6 Å². The zero-order valence-electron chi connectivity index (χ0n) is 15.3. The Hall–Kier alpha value is -2.63. The van der Waals surface area contributed by atoms with Gasteiger partial charge >= 0.3 is 0 Å². The molecule has 1 fully saturated rings. The number of hydrogen-bond acceptors (Lipinski definition) is 5. The van der Waals surface area contributed by atoms with Crippen molar-refractivity contribution in [1.29, 1.82) is 0 Å². The summed E-state index contributed by atoms with van der Waals surface area (Å²) >= 11 is 0. The standard InChI is InChI=1S/C20H26N4O2/c1-2-3-13-26-17-9-7-16(8-10-17)20(25)23-18-14-19(22-15-21-18)24-11-5-4-6-12-24/h7-10,14-15H,2-6,11-13H2,1H3,(H,21,22,23,25). The van der Waals surface area contributed by atoms with Crippen molar-refractivity contribution in [3.8, 4) is 5.75 Å². The molecule has 0 spiro atoms. The Morgan fingerprint density at radius 3 is 2.65 bits per heavy atom. The Balaban J connectivity index is 1.60. The number of piperidine rings is 1. The Labute approximate surface area is 154 Å². The largest absolute Gasteiger partial charge is 0.494 e. The third-order valence-corrected chi connectivity index (χ3v) is 4.46. The number of hydrogen-bond donors (Lipinski definition) is 1. The zero-order valence-corrected chi connectivity index (χ0v) is 15.3. The lowest BCUT2D eigenvalue weighted by molar-refractivity contribution is 0.102. The van der Waals surface area contributed by atoms with Crippen molar-refractivity contribution < 1.29 is 9.53 Å². The van der Waals surface area contributed by atoms with E-state index in [4.69, 9.17) is 4.74 Å². The van der Waals surface area contributed by atoms with Gasteiger partial charge in [-0.25, -0.2) is 9.97 Å². The fraction of sp³-hybridized carbons (Fsp3) is 0.450. The number of unbranched alkanes of at least 4 members (excludes halogenated alkanes) is 1. The highest BCUT2D eigenvalue weighted by atomic mass is 16.5. The molecule has 2 aromatic rings. The fourth-order valence-electron chi connectivity index (χ4n) is 2.94. The second-order valence-corrected chi connectivity index (χ2v) is 6.49. The number of nitrogens with zero attached hydrogens (tertiary/aromatic N) is 3. The smallest absolute Gasteiger partial charge is 0.256 e. The van der Waals surface area contributed by atoms with Gasteiger partial charge in [-0.1, -0.05) is 13.3 Å². The maximum absolute atomic E-state index is 12.4. The van der Waals surface area contributed by atoms with Crippen LogP contribution in [-0.2, 0) is 0 Å². The lowest BCUT2D eigenvalue weighted by Gasteiger charge is -2.27. The Morgan fingerprint density at radius 1 is 1.15 bits per heavy atom. The van der Waals surface area contributed by atoms with Crippen molar-refractivity contribution in [2.24, 2.45) is 0 Å². The van der Waals surface area contributed by atoms with E-state index in [1.54, 1.807) is 12.1 Å². The van der Waals surface area contributed by atoms with Crippen LogP contribution in [0.25, 0.3) is 0 Å². The second kappa shape index (κ2) is 9.17. The lowest BCUT2D eigenvalue weighted by Crippen LogP contribution is -2.30. The molecule has 6 nitrogen and oxygen atoms in total. The summed E-state index contributed by atoms with van der Waals surface area (Å²) in [5, 5.41) is 2.85. The van der Waals surface area contributed by atoms with Crippen LogP contribution in [0.15, 0.2) is 36.7 Å². The minimum atomic E-state index is -0.187. The number of ether oxygens (including phenoxy) is 1. The average Bonchev–Trinajstić information content (AvgIpc) is 2.69. The van der Waals surface area contributed by atoms with Gasteiger partial charge in [-0.2, -0.15) is 0 Å². The molecule has 1 saturated heterocycles. The fourth-order valence-corrected chi connectivity index (χ4v) is 2.94. The Kier molecular flexibility index (Phi) is 6.41. The number of rotatable bonds is 7. The predicted octanol–water partition coefficient (Wildman–Crippen LogP) is 3.90. The van der Waals surface area contributed by atoms with Gasteiger partial charge in [-0.3, -0.25) is 4.79 Å². The van der Waals surface area contributed by atoms with E-state index in [-0.39, 0.29) is 5.91 Å². The third kappa shape index (κ3) is 4.94. The molecule has 138 valence electrons. The molecule has 0 bridgehead atoms. The molecule has 26 heavy (non-hydrogen) atoms. The van der Waals surface area contributed by atoms with E-state index in [1.165, 1.54) is 25.6 Å². The van der Waals surface area contributed by atoms with Crippen LogP contribution < -0.4 is 15.0 Å². The molecule has 0 radical (unpaired) electrons. The van der Waals surface area contributed by atoms with Gasteiger partial charge in [0.15, 0.2) is 0 Å². The number of anilines is 2. The number of aromatic nitrogens is 2. The van der Waals surface area contributed by atoms with E-state index in [2.05, 4.69) is 27.1 Å². The lowest BCUT2D eigenvalue weighted by atomic mass is 10.1. The summed E-state index contributed by atoms with van der Waals surface area (Å²) in [7, 11) is 0. The maximum Gasteiger partial charge on any atom is 0.256 e. The number of carbonyl (C=O) groups excluding carboxylic acids is 1. The number of benzene rings is 1. The van der Waals surface area contributed by atoms with Crippen LogP contribution in [0, 0.1) is 0 Å². The SMILES string of the molecule is CCCCOc1ccc(C(=O)Nc2cc(N3CCCCC3)ncn2)cc1. The molecule has 1 aliphatic rings. The summed E-state index contributed by atoms with van der Waals surface area (Å²) in [5.74, 6) is 1.99. The summed E-state index contributed by atoms with van der Waals surface area (Å²) in [6.07, 6.45) is 7.25. The van der Waals surface area contributed by atoms with E-state index < -0.39 is 0 Å². The van der Waals surface area contributed by atoms with Gasteiger partial charge in [0.1, 0.15) is 23.7 Å². The molecular formula is C20H26N4O2. The van der Waals surface area contributed by atoms with Gasteiger partial charge in [0.2, 0.25) is 0 Å². The highest BCUT2D eigenvalue weighted by Crippen LogP contribution is 2.20. The molecule has 0 unspecified atom stereocenters. The molecule has 1 amide bonds. The van der Waals surface area contributed by atoms with Crippen LogP contribution in [0.2, 0.25) is 0 Å². The molecule has 1 aliphatic heterocycles. The topological polar surface area (TPSA) is 67.3 Å². The van der Waals surface area contributed by atoms with Crippen molar-refractivity contribution in [2.45, 2.75) is 39.0 Å². The minimum absolute atomic E-state index is 0.187. The van der Waals surface area contributed by atoms with Crippen LogP contribution >= 0.6 is 0 Å². The minimum Gasteiger partial charge on any atom is -0.494 e.